The van der Waals surface area contributed by atoms with Gasteiger partial charge in [-0.05, 0) is 18.2 Å². The molecule has 0 saturated carbocycles. The fourth-order valence-corrected chi connectivity index (χ4v) is 5.58. The molecule has 0 aromatic heterocycles. The number of rotatable bonds is 6. The molecule has 0 aliphatic carbocycles. The maximum atomic E-state index is 13.2. The van der Waals surface area contributed by atoms with E-state index in [-0.39, 0.29) is 72.7 Å². The lowest BCUT2D eigenvalue weighted by molar-refractivity contribution is -0.384. The van der Waals surface area contributed by atoms with Gasteiger partial charge in [-0.15, -0.1) is 0 Å². The molecule has 1 atom stereocenters. The molecule has 210 valence electrons. The van der Waals surface area contributed by atoms with E-state index in [1.54, 1.807) is 0 Å². The molecule has 2 aliphatic rings. The number of nitro groups is 1. The van der Waals surface area contributed by atoms with Crippen LogP contribution in [0.2, 0.25) is 20.1 Å². The molecule has 3 aromatic carbocycles. The van der Waals surface area contributed by atoms with Crippen LogP contribution in [-0.2, 0) is 9.59 Å². The maximum absolute atomic E-state index is 13.2. The lowest BCUT2D eigenvalue weighted by Gasteiger charge is -2.19. The van der Waals surface area contributed by atoms with E-state index in [2.05, 4.69) is 0 Å². The second-order valence-corrected chi connectivity index (χ2v) is 10.4. The molecule has 0 spiro atoms. The van der Waals surface area contributed by atoms with Crippen molar-refractivity contribution in [2.24, 2.45) is 5.92 Å². The summed E-state index contributed by atoms with van der Waals surface area (Å²) in [5.74, 6) is -3.54. The fraction of sp³-hybridized carbons (Fsp3) is 0.154. The number of benzene rings is 3. The molecule has 41 heavy (non-hydrogen) atoms. The molecule has 1 saturated heterocycles. The lowest BCUT2D eigenvalue weighted by atomic mass is 10.1. The molecule has 5 rings (SSSR count). The van der Waals surface area contributed by atoms with E-state index in [1.165, 1.54) is 54.5 Å². The highest BCUT2D eigenvalue weighted by molar-refractivity contribution is 6.56. The van der Waals surface area contributed by atoms with Crippen LogP contribution in [0.4, 0.5) is 17.1 Å². The number of methoxy groups -OCH3 is 1. The predicted octanol–water partition coefficient (Wildman–Crippen LogP) is 5.98. The van der Waals surface area contributed by atoms with Gasteiger partial charge in [-0.2, -0.15) is 0 Å². The number of amides is 3. The highest BCUT2D eigenvalue weighted by Crippen LogP contribution is 2.46. The first-order chi connectivity index (χ1) is 19.4. The van der Waals surface area contributed by atoms with Gasteiger partial charge in [-0.25, -0.2) is 4.90 Å². The molecule has 0 unspecified atom stereocenters. The van der Waals surface area contributed by atoms with Gasteiger partial charge in [0.25, 0.3) is 17.5 Å². The highest BCUT2D eigenvalue weighted by Gasteiger charge is 2.43. The molecule has 3 aromatic rings. The summed E-state index contributed by atoms with van der Waals surface area (Å²) < 4.78 is 10.7. The second kappa shape index (κ2) is 10.8. The SMILES string of the molecule is COc1cc([N+](=O)[O-])ccc1N1C[C@@H](C(=O)Oc2cccc(N3C(=O)c4c(Cl)c(Cl)c(Cl)c(Cl)c4C3=O)c2)CC1=O. The van der Waals surface area contributed by atoms with Gasteiger partial charge in [0.05, 0.1) is 66.6 Å². The van der Waals surface area contributed by atoms with Crippen molar-refractivity contribution in [1.82, 2.24) is 0 Å². The molecule has 11 nitrogen and oxygen atoms in total. The molecule has 0 radical (unpaired) electrons. The molecule has 15 heteroatoms. The summed E-state index contributed by atoms with van der Waals surface area (Å²) in [4.78, 5) is 64.7. The summed E-state index contributed by atoms with van der Waals surface area (Å²) in [6, 6.07) is 9.39. The van der Waals surface area contributed by atoms with E-state index in [0.29, 0.717) is 0 Å². The van der Waals surface area contributed by atoms with Crippen molar-refractivity contribution in [2.45, 2.75) is 6.42 Å². The van der Waals surface area contributed by atoms with Crippen molar-refractivity contribution in [1.29, 1.82) is 0 Å². The van der Waals surface area contributed by atoms with Crippen molar-refractivity contribution < 1.29 is 33.6 Å². The number of hydrogen-bond donors (Lipinski definition) is 0. The van der Waals surface area contributed by atoms with E-state index in [1.807, 2.05) is 0 Å². The Balaban J connectivity index is 1.35. The van der Waals surface area contributed by atoms with E-state index >= 15 is 0 Å². The van der Waals surface area contributed by atoms with Crippen LogP contribution in [0.25, 0.3) is 0 Å². The zero-order valence-electron chi connectivity index (χ0n) is 20.7. The highest BCUT2D eigenvalue weighted by atomic mass is 35.5. The monoisotopic (exact) mass is 637 g/mol. The van der Waals surface area contributed by atoms with Gasteiger partial charge >= 0.3 is 5.97 Å². The number of ether oxygens (including phenoxy) is 2. The van der Waals surface area contributed by atoms with Crippen LogP contribution in [-0.4, -0.2) is 42.3 Å². The molecule has 1 fully saturated rings. The summed E-state index contributed by atoms with van der Waals surface area (Å²) in [5, 5.41) is 10.3. The zero-order valence-corrected chi connectivity index (χ0v) is 23.7. The standard InChI is InChI=1S/C26H15Cl4N3O8/c1-40-16-9-13(33(38)39)5-6-15(16)31-10-11(7-17(31)34)26(37)41-14-4-2-3-12(8-14)32-24(35)18-19(25(32)36)21(28)23(30)22(29)20(18)27/h2-6,8-9,11H,7,10H2,1H3/t11-/m0/s1. The Labute approximate surface area is 251 Å². The van der Waals surface area contributed by atoms with Gasteiger partial charge in [0.15, 0.2) is 0 Å². The first-order valence-corrected chi connectivity index (χ1v) is 13.1. The summed E-state index contributed by atoms with van der Waals surface area (Å²) in [6.45, 7) is -0.0670. The Morgan fingerprint density at radius 2 is 1.59 bits per heavy atom. The van der Waals surface area contributed by atoms with E-state index in [4.69, 9.17) is 55.9 Å². The van der Waals surface area contributed by atoms with Gasteiger partial charge in [-0.1, -0.05) is 52.5 Å². The average Bonchev–Trinajstić information content (AvgIpc) is 3.46. The molecule has 0 N–H and O–H groups in total. The van der Waals surface area contributed by atoms with Gasteiger partial charge in [0, 0.05) is 25.1 Å². The smallest absolute Gasteiger partial charge is 0.316 e. The third-order valence-corrected chi connectivity index (χ3v) is 8.32. The molecule has 2 aliphatic heterocycles. The number of anilines is 2. The van der Waals surface area contributed by atoms with Crippen LogP contribution >= 0.6 is 46.4 Å². The number of hydrogen-bond acceptors (Lipinski definition) is 8. The Kier molecular flexibility index (Phi) is 7.56. The van der Waals surface area contributed by atoms with Gasteiger partial charge in [0.1, 0.15) is 11.5 Å². The van der Waals surface area contributed by atoms with Crippen molar-refractivity contribution in [3.05, 3.63) is 83.8 Å². The first-order valence-electron chi connectivity index (χ1n) is 11.6. The summed E-state index contributed by atoms with van der Waals surface area (Å²) in [7, 11) is 1.31. The van der Waals surface area contributed by atoms with Crippen LogP contribution in [0.1, 0.15) is 27.1 Å². The molecule has 0 bridgehead atoms. The number of imide groups is 1. The predicted molar refractivity (Wildman–Crippen MR) is 150 cm³/mol. The van der Waals surface area contributed by atoms with E-state index in [0.717, 1.165) is 4.90 Å². The normalized spacial score (nSPS) is 16.3. The van der Waals surface area contributed by atoms with Crippen molar-refractivity contribution in [2.75, 3.05) is 23.5 Å². The largest absolute Gasteiger partial charge is 0.494 e. The lowest BCUT2D eigenvalue weighted by Crippen LogP contribution is -2.29. The number of nitrogens with zero attached hydrogens (tertiary/aromatic N) is 3. The van der Waals surface area contributed by atoms with E-state index < -0.39 is 34.5 Å². The number of halogens is 4. The molecular formula is C26H15Cl4N3O8. The number of carbonyl (C=O) groups excluding carboxylic acids is 4. The van der Waals surface area contributed by atoms with Crippen LogP contribution in [0.15, 0.2) is 42.5 Å². The van der Waals surface area contributed by atoms with Crippen LogP contribution in [0.3, 0.4) is 0 Å². The fourth-order valence-electron chi connectivity index (χ4n) is 4.57. The maximum Gasteiger partial charge on any atom is 0.316 e. The van der Waals surface area contributed by atoms with Crippen molar-refractivity contribution in [3.8, 4) is 11.5 Å². The van der Waals surface area contributed by atoms with Gasteiger partial charge in [-0.3, -0.25) is 29.3 Å². The summed E-state index contributed by atoms with van der Waals surface area (Å²) in [6.07, 6.45) is -0.185. The van der Waals surface area contributed by atoms with Crippen LogP contribution < -0.4 is 19.3 Å². The second-order valence-electron chi connectivity index (χ2n) is 8.89. The molecule has 2 heterocycles. The number of esters is 1. The van der Waals surface area contributed by atoms with Crippen molar-refractivity contribution >= 4 is 87.2 Å². The Morgan fingerprint density at radius 1 is 0.951 bits per heavy atom. The minimum absolute atomic E-state index is 0.00358. The molecular weight excluding hydrogens is 624 g/mol. The summed E-state index contributed by atoms with van der Waals surface area (Å²) >= 11 is 24.5. The third-order valence-electron chi connectivity index (χ3n) is 6.52. The average molecular weight is 639 g/mol. The topological polar surface area (TPSA) is 136 Å². The van der Waals surface area contributed by atoms with Crippen molar-refractivity contribution in [3.63, 3.8) is 0 Å². The zero-order chi connectivity index (χ0) is 29.7. The first kappa shape index (κ1) is 28.6. The van der Waals surface area contributed by atoms with Gasteiger partial charge in [0.2, 0.25) is 5.91 Å². The molecule has 3 amide bonds. The summed E-state index contributed by atoms with van der Waals surface area (Å²) in [5.41, 5.74) is -0.305. The Morgan fingerprint density at radius 3 is 2.17 bits per heavy atom. The minimum Gasteiger partial charge on any atom is -0.494 e. The Bertz CT molecular complexity index is 1650. The third kappa shape index (κ3) is 4.84. The number of non-ortho nitro benzene ring substituents is 1. The quantitative estimate of drug-likeness (QED) is 0.0612. The number of carbonyl (C=O) groups is 4. The Hall–Kier alpha value is -3.90. The number of fused-ring (bicyclic) bond motifs is 1. The van der Waals surface area contributed by atoms with E-state index in [9.17, 15) is 29.3 Å². The number of nitro benzene ring substituents is 1. The van der Waals surface area contributed by atoms with Crippen LogP contribution in [0, 0.1) is 16.0 Å². The van der Waals surface area contributed by atoms with Gasteiger partial charge < -0.3 is 14.4 Å². The van der Waals surface area contributed by atoms with Crippen LogP contribution in [0.5, 0.6) is 11.5 Å². The minimum atomic E-state index is -0.882.